The van der Waals surface area contributed by atoms with E-state index in [1.165, 1.54) is 0 Å². The Balaban J connectivity index is 3.56. The van der Waals surface area contributed by atoms with Crippen molar-refractivity contribution in [3.05, 3.63) is 0 Å². The van der Waals surface area contributed by atoms with Gasteiger partial charge in [0.1, 0.15) is 6.67 Å². The molecule has 0 fully saturated rings. The Morgan fingerprint density at radius 1 is 1.33 bits per heavy atom. The van der Waals surface area contributed by atoms with Gasteiger partial charge in [-0.15, -0.1) is 0 Å². The molecule has 3 heteroatoms. The summed E-state index contributed by atoms with van der Waals surface area (Å²) in [5.74, 6) is 0. The summed E-state index contributed by atoms with van der Waals surface area (Å²) >= 11 is 0. The topological polar surface area (TPSA) is 15.3 Å². The van der Waals surface area contributed by atoms with Gasteiger partial charge in [-0.1, -0.05) is 13.8 Å². The highest BCUT2D eigenvalue weighted by Gasteiger charge is 2.17. The van der Waals surface area contributed by atoms with Gasteiger partial charge in [0, 0.05) is 19.6 Å². The lowest BCUT2D eigenvalue weighted by molar-refractivity contribution is 0.231. The molecule has 0 aromatic heterocycles. The van der Waals surface area contributed by atoms with E-state index in [1.807, 2.05) is 0 Å². The molecular formula is C9H21FN2. The second-order valence-electron chi connectivity index (χ2n) is 4.27. The average molecular weight is 176 g/mol. The quantitative estimate of drug-likeness (QED) is 0.610. The molecule has 0 radical (unpaired) electrons. The summed E-state index contributed by atoms with van der Waals surface area (Å²) in [6, 6.07) is 0. The van der Waals surface area contributed by atoms with Gasteiger partial charge >= 0.3 is 0 Å². The molecule has 2 nitrogen and oxygen atoms in total. The first kappa shape index (κ1) is 11.8. The molecule has 0 saturated carbocycles. The fraction of sp³-hybridized carbons (Fsp3) is 1.00. The molecule has 0 rings (SSSR count). The van der Waals surface area contributed by atoms with Crippen LogP contribution in [0.3, 0.4) is 0 Å². The molecule has 74 valence electrons. The number of alkyl halides is 1. The summed E-state index contributed by atoms with van der Waals surface area (Å²) in [5.41, 5.74) is 0.221. The molecular weight excluding hydrogens is 155 g/mol. The standard InChI is InChI=1S/C9H21FN2/c1-9(2,8-12(3)4)7-11-6-5-10/h11H,5-8H2,1-4H3. The van der Waals surface area contributed by atoms with Crippen molar-refractivity contribution < 1.29 is 4.39 Å². The molecule has 0 aliphatic heterocycles. The highest BCUT2D eigenvalue weighted by molar-refractivity contribution is 4.73. The monoisotopic (exact) mass is 176 g/mol. The largest absolute Gasteiger partial charge is 0.314 e. The van der Waals surface area contributed by atoms with Crippen LogP contribution in [0, 0.1) is 5.41 Å². The average Bonchev–Trinajstić information content (AvgIpc) is 1.84. The SMILES string of the molecule is CN(C)CC(C)(C)CNCCF. The molecule has 0 aromatic carbocycles. The van der Waals surface area contributed by atoms with Crippen LogP contribution in [-0.2, 0) is 0 Å². The van der Waals surface area contributed by atoms with Crippen molar-refractivity contribution >= 4 is 0 Å². The van der Waals surface area contributed by atoms with Gasteiger partial charge in [0.25, 0.3) is 0 Å². The van der Waals surface area contributed by atoms with Crippen LogP contribution >= 0.6 is 0 Å². The van der Waals surface area contributed by atoms with Crippen molar-refractivity contribution in [1.82, 2.24) is 10.2 Å². The van der Waals surface area contributed by atoms with Gasteiger partial charge < -0.3 is 10.2 Å². The number of halogens is 1. The third-order valence-electron chi connectivity index (χ3n) is 1.62. The highest BCUT2D eigenvalue weighted by Crippen LogP contribution is 2.13. The fourth-order valence-corrected chi connectivity index (χ4v) is 1.41. The fourth-order valence-electron chi connectivity index (χ4n) is 1.41. The molecule has 0 aliphatic rings. The normalized spacial score (nSPS) is 12.5. The van der Waals surface area contributed by atoms with Crippen LogP contribution in [0.4, 0.5) is 4.39 Å². The number of rotatable bonds is 6. The van der Waals surface area contributed by atoms with E-state index in [4.69, 9.17) is 0 Å². The van der Waals surface area contributed by atoms with Gasteiger partial charge in [-0.3, -0.25) is 0 Å². The van der Waals surface area contributed by atoms with Crippen molar-refractivity contribution in [2.24, 2.45) is 5.41 Å². The Labute approximate surface area is 75.1 Å². The van der Waals surface area contributed by atoms with E-state index in [0.717, 1.165) is 13.1 Å². The molecule has 0 bridgehead atoms. The highest BCUT2D eigenvalue weighted by atomic mass is 19.1. The van der Waals surface area contributed by atoms with Gasteiger partial charge in [0.05, 0.1) is 0 Å². The van der Waals surface area contributed by atoms with Crippen molar-refractivity contribution in [2.45, 2.75) is 13.8 Å². The first-order chi connectivity index (χ1) is 5.48. The number of nitrogens with zero attached hydrogens (tertiary/aromatic N) is 1. The van der Waals surface area contributed by atoms with E-state index < -0.39 is 0 Å². The van der Waals surface area contributed by atoms with E-state index in [0.29, 0.717) is 6.54 Å². The van der Waals surface area contributed by atoms with Crippen molar-refractivity contribution in [2.75, 3.05) is 40.4 Å². The van der Waals surface area contributed by atoms with Crippen LogP contribution in [0.2, 0.25) is 0 Å². The van der Waals surface area contributed by atoms with Gasteiger partial charge in [0.2, 0.25) is 0 Å². The lowest BCUT2D eigenvalue weighted by atomic mass is 9.93. The van der Waals surface area contributed by atoms with E-state index in [2.05, 4.69) is 38.2 Å². The summed E-state index contributed by atoms with van der Waals surface area (Å²) in [6.07, 6.45) is 0. The van der Waals surface area contributed by atoms with Crippen LogP contribution in [0.25, 0.3) is 0 Å². The molecule has 0 atom stereocenters. The number of nitrogens with one attached hydrogen (secondary N) is 1. The molecule has 0 amide bonds. The Morgan fingerprint density at radius 3 is 2.33 bits per heavy atom. The predicted octanol–water partition coefficient (Wildman–Crippen LogP) is 1.13. The van der Waals surface area contributed by atoms with E-state index in [-0.39, 0.29) is 12.1 Å². The number of hydrogen-bond donors (Lipinski definition) is 1. The maximum absolute atomic E-state index is 11.8. The van der Waals surface area contributed by atoms with Crippen molar-refractivity contribution in [3.8, 4) is 0 Å². The van der Waals surface area contributed by atoms with Gasteiger partial charge in [-0.2, -0.15) is 0 Å². The zero-order chi connectivity index (χ0) is 9.61. The maximum Gasteiger partial charge on any atom is 0.102 e. The van der Waals surface area contributed by atoms with E-state index in [9.17, 15) is 4.39 Å². The van der Waals surface area contributed by atoms with Crippen LogP contribution in [-0.4, -0.2) is 45.3 Å². The Kier molecular flexibility index (Phi) is 5.42. The molecule has 1 N–H and O–H groups in total. The minimum atomic E-state index is -0.280. The van der Waals surface area contributed by atoms with Crippen LogP contribution in [0.1, 0.15) is 13.8 Å². The minimum Gasteiger partial charge on any atom is -0.314 e. The van der Waals surface area contributed by atoms with Crippen LogP contribution in [0.5, 0.6) is 0 Å². The maximum atomic E-state index is 11.8. The molecule has 0 saturated heterocycles. The second kappa shape index (κ2) is 5.49. The zero-order valence-corrected chi connectivity index (χ0v) is 8.65. The minimum absolute atomic E-state index is 0.221. The first-order valence-corrected chi connectivity index (χ1v) is 4.39. The first-order valence-electron chi connectivity index (χ1n) is 4.39. The van der Waals surface area contributed by atoms with Gasteiger partial charge in [-0.25, -0.2) is 4.39 Å². The molecule has 0 heterocycles. The van der Waals surface area contributed by atoms with E-state index in [1.54, 1.807) is 0 Å². The summed E-state index contributed by atoms with van der Waals surface area (Å²) in [4.78, 5) is 2.15. The summed E-state index contributed by atoms with van der Waals surface area (Å²) in [5, 5.41) is 3.08. The lowest BCUT2D eigenvalue weighted by Gasteiger charge is -2.28. The summed E-state index contributed by atoms with van der Waals surface area (Å²) in [6.45, 7) is 6.44. The summed E-state index contributed by atoms with van der Waals surface area (Å²) < 4.78 is 11.8. The molecule has 12 heavy (non-hydrogen) atoms. The predicted molar refractivity (Wildman–Crippen MR) is 51.2 cm³/mol. The van der Waals surface area contributed by atoms with Crippen molar-refractivity contribution in [3.63, 3.8) is 0 Å². The third kappa shape index (κ3) is 6.55. The smallest absolute Gasteiger partial charge is 0.102 e. The molecule has 0 aromatic rings. The van der Waals surface area contributed by atoms with E-state index >= 15 is 0 Å². The Bertz CT molecular complexity index is 113. The van der Waals surface area contributed by atoms with Crippen LogP contribution < -0.4 is 5.32 Å². The molecule has 0 unspecified atom stereocenters. The zero-order valence-electron chi connectivity index (χ0n) is 8.65. The summed E-state index contributed by atoms with van der Waals surface area (Å²) in [7, 11) is 4.10. The second-order valence-corrected chi connectivity index (χ2v) is 4.27. The van der Waals surface area contributed by atoms with Crippen molar-refractivity contribution in [1.29, 1.82) is 0 Å². The molecule has 0 spiro atoms. The Hall–Kier alpha value is -0.150. The Morgan fingerprint density at radius 2 is 1.92 bits per heavy atom. The van der Waals surface area contributed by atoms with Gasteiger partial charge in [-0.05, 0) is 19.5 Å². The van der Waals surface area contributed by atoms with Crippen LogP contribution in [0.15, 0.2) is 0 Å². The number of hydrogen-bond acceptors (Lipinski definition) is 2. The third-order valence-corrected chi connectivity index (χ3v) is 1.62. The lowest BCUT2D eigenvalue weighted by Crippen LogP contribution is -2.38. The van der Waals surface area contributed by atoms with Gasteiger partial charge in [0.15, 0.2) is 0 Å². The molecule has 0 aliphatic carbocycles.